The fourth-order valence-corrected chi connectivity index (χ4v) is 1.93. The lowest BCUT2D eigenvalue weighted by Gasteiger charge is -2.19. The average Bonchev–Trinajstić information content (AvgIpc) is 3.04. The van der Waals surface area contributed by atoms with Crippen LogP contribution < -0.4 is 10.2 Å². The summed E-state index contributed by atoms with van der Waals surface area (Å²) >= 11 is 0. The van der Waals surface area contributed by atoms with Crippen LogP contribution in [0, 0.1) is 0 Å². The van der Waals surface area contributed by atoms with Gasteiger partial charge in [0.2, 0.25) is 0 Å². The van der Waals surface area contributed by atoms with Crippen LogP contribution in [0.4, 0.5) is 5.69 Å². The van der Waals surface area contributed by atoms with Crippen LogP contribution in [0.25, 0.3) is 11.1 Å². The third kappa shape index (κ3) is 2.42. The Labute approximate surface area is 101 Å². The lowest BCUT2D eigenvalue weighted by atomic mass is 10.2. The molecular formula is C13H17N3O. The predicted octanol–water partition coefficient (Wildman–Crippen LogP) is 2.02. The van der Waals surface area contributed by atoms with Gasteiger partial charge in [-0.05, 0) is 25.0 Å². The Balaban J connectivity index is 1.64. The molecule has 0 bridgehead atoms. The Morgan fingerprint density at radius 2 is 2.35 bits per heavy atom. The zero-order valence-corrected chi connectivity index (χ0v) is 10.0. The molecule has 3 rings (SSSR count). The highest BCUT2D eigenvalue weighted by molar-refractivity contribution is 5.76. The fourth-order valence-electron chi connectivity index (χ4n) is 1.93. The Morgan fingerprint density at radius 3 is 3.18 bits per heavy atom. The van der Waals surface area contributed by atoms with Gasteiger partial charge in [-0.1, -0.05) is 0 Å². The van der Waals surface area contributed by atoms with Crippen LogP contribution in [0.1, 0.15) is 12.8 Å². The van der Waals surface area contributed by atoms with Crippen LogP contribution in [0.5, 0.6) is 0 Å². The maximum atomic E-state index is 5.31. The second-order valence-electron chi connectivity index (χ2n) is 4.65. The standard InChI is InChI=1S/C13H17N3O/c1-16(7-6-14-10-2-3-10)11-4-5-12-13(8-11)17-9-15-12/h4-5,8-10,14H,2-3,6-7H2,1H3. The third-order valence-corrected chi connectivity index (χ3v) is 3.21. The molecule has 0 aliphatic heterocycles. The maximum Gasteiger partial charge on any atom is 0.181 e. The van der Waals surface area contributed by atoms with E-state index in [2.05, 4.69) is 28.3 Å². The van der Waals surface area contributed by atoms with Crippen molar-refractivity contribution in [2.24, 2.45) is 0 Å². The van der Waals surface area contributed by atoms with Crippen molar-refractivity contribution in [3.8, 4) is 0 Å². The number of nitrogens with zero attached hydrogens (tertiary/aromatic N) is 2. The van der Waals surface area contributed by atoms with Crippen molar-refractivity contribution in [1.29, 1.82) is 0 Å². The maximum absolute atomic E-state index is 5.31. The number of benzene rings is 1. The minimum absolute atomic E-state index is 0.778. The van der Waals surface area contributed by atoms with Gasteiger partial charge >= 0.3 is 0 Å². The van der Waals surface area contributed by atoms with Gasteiger partial charge < -0.3 is 14.6 Å². The van der Waals surface area contributed by atoms with Crippen LogP contribution in [0.3, 0.4) is 0 Å². The van der Waals surface area contributed by atoms with Gasteiger partial charge in [0.15, 0.2) is 12.0 Å². The van der Waals surface area contributed by atoms with E-state index in [1.54, 1.807) is 0 Å². The molecule has 0 saturated heterocycles. The first kappa shape index (κ1) is 10.6. The Bertz CT molecular complexity index is 504. The summed E-state index contributed by atoms with van der Waals surface area (Å²) in [5, 5.41) is 3.51. The zero-order chi connectivity index (χ0) is 11.7. The summed E-state index contributed by atoms with van der Waals surface area (Å²) in [6.07, 6.45) is 4.17. The molecule has 1 aromatic heterocycles. The van der Waals surface area contributed by atoms with Crippen molar-refractivity contribution in [3.05, 3.63) is 24.6 Å². The summed E-state index contributed by atoms with van der Waals surface area (Å²) < 4.78 is 5.31. The summed E-state index contributed by atoms with van der Waals surface area (Å²) in [7, 11) is 2.10. The largest absolute Gasteiger partial charge is 0.443 e. The smallest absolute Gasteiger partial charge is 0.181 e. The number of hydrogen-bond acceptors (Lipinski definition) is 4. The van der Waals surface area contributed by atoms with Crippen LogP contribution in [0.15, 0.2) is 29.0 Å². The van der Waals surface area contributed by atoms with Crippen molar-refractivity contribution in [2.45, 2.75) is 18.9 Å². The van der Waals surface area contributed by atoms with E-state index in [1.807, 2.05) is 12.1 Å². The molecule has 1 heterocycles. The normalized spacial score (nSPS) is 15.4. The van der Waals surface area contributed by atoms with Gasteiger partial charge in [0.25, 0.3) is 0 Å². The van der Waals surface area contributed by atoms with Crippen molar-refractivity contribution >= 4 is 16.8 Å². The summed E-state index contributed by atoms with van der Waals surface area (Å²) in [6.45, 7) is 2.05. The Hall–Kier alpha value is -1.55. The molecule has 0 unspecified atom stereocenters. The van der Waals surface area contributed by atoms with Gasteiger partial charge in [0.1, 0.15) is 5.52 Å². The van der Waals surface area contributed by atoms with Crippen molar-refractivity contribution < 1.29 is 4.42 Å². The van der Waals surface area contributed by atoms with Crippen LogP contribution in [-0.4, -0.2) is 31.2 Å². The van der Waals surface area contributed by atoms with Gasteiger partial charge in [-0.15, -0.1) is 0 Å². The number of aromatic nitrogens is 1. The van der Waals surface area contributed by atoms with E-state index >= 15 is 0 Å². The molecule has 0 atom stereocenters. The minimum Gasteiger partial charge on any atom is -0.443 e. The van der Waals surface area contributed by atoms with E-state index in [9.17, 15) is 0 Å². The first-order valence-corrected chi connectivity index (χ1v) is 6.11. The average molecular weight is 231 g/mol. The highest BCUT2D eigenvalue weighted by Gasteiger charge is 2.19. The molecular weight excluding hydrogens is 214 g/mol. The first-order valence-electron chi connectivity index (χ1n) is 6.11. The number of hydrogen-bond donors (Lipinski definition) is 1. The molecule has 1 aliphatic rings. The second kappa shape index (κ2) is 4.37. The minimum atomic E-state index is 0.778. The molecule has 1 saturated carbocycles. The molecule has 1 aromatic carbocycles. The molecule has 1 fully saturated rings. The molecule has 0 amide bonds. The molecule has 0 radical (unpaired) electrons. The van der Waals surface area contributed by atoms with Gasteiger partial charge in [0, 0.05) is 37.9 Å². The van der Waals surface area contributed by atoms with Crippen LogP contribution in [-0.2, 0) is 0 Å². The highest BCUT2D eigenvalue weighted by atomic mass is 16.3. The monoisotopic (exact) mass is 231 g/mol. The quantitative estimate of drug-likeness (QED) is 0.854. The summed E-state index contributed by atoms with van der Waals surface area (Å²) in [5.41, 5.74) is 2.94. The topological polar surface area (TPSA) is 41.3 Å². The van der Waals surface area contributed by atoms with Crippen molar-refractivity contribution in [2.75, 3.05) is 25.0 Å². The van der Waals surface area contributed by atoms with E-state index in [-0.39, 0.29) is 0 Å². The lowest BCUT2D eigenvalue weighted by Crippen LogP contribution is -2.30. The molecule has 4 nitrogen and oxygen atoms in total. The molecule has 4 heteroatoms. The van der Waals surface area contributed by atoms with Gasteiger partial charge in [-0.3, -0.25) is 0 Å². The van der Waals surface area contributed by atoms with Gasteiger partial charge in [0.05, 0.1) is 0 Å². The molecule has 17 heavy (non-hydrogen) atoms. The van der Waals surface area contributed by atoms with E-state index < -0.39 is 0 Å². The number of nitrogens with one attached hydrogen (secondary N) is 1. The lowest BCUT2D eigenvalue weighted by molar-refractivity contribution is 0.602. The summed E-state index contributed by atoms with van der Waals surface area (Å²) in [6, 6.07) is 6.90. The third-order valence-electron chi connectivity index (χ3n) is 3.21. The van der Waals surface area contributed by atoms with E-state index in [1.165, 1.54) is 24.9 Å². The second-order valence-corrected chi connectivity index (χ2v) is 4.65. The molecule has 1 N–H and O–H groups in total. The van der Waals surface area contributed by atoms with Crippen LogP contribution in [0.2, 0.25) is 0 Å². The predicted molar refractivity (Wildman–Crippen MR) is 68.3 cm³/mol. The van der Waals surface area contributed by atoms with Crippen molar-refractivity contribution in [1.82, 2.24) is 10.3 Å². The summed E-state index contributed by atoms with van der Waals surface area (Å²) in [4.78, 5) is 6.35. The number of fused-ring (bicyclic) bond motifs is 1. The zero-order valence-electron chi connectivity index (χ0n) is 10.0. The number of anilines is 1. The fraction of sp³-hybridized carbons (Fsp3) is 0.462. The Kier molecular flexibility index (Phi) is 2.73. The van der Waals surface area contributed by atoms with E-state index in [0.29, 0.717) is 0 Å². The molecule has 1 aliphatic carbocycles. The summed E-state index contributed by atoms with van der Waals surface area (Å²) in [5.74, 6) is 0. The number of oxazole rings is 1. The number of likely N-dealkylation sites (N-methyl/N-ethyl adjacent to an activating group) is 1. The van der Waals surface area contributed by atoms with Gasteiger partial charge in [-0.2, -0.15) is 0 Å². The molecule has 2 aromatic rings. The van der Waals surface area contributed by atoms with E-state index in [4.69, 9.17) is 4.42 Å². The first-order chi connectivity index (χ1) is 8.33. The molecule has 90 valence electrons. The van der Waals surface area contributed by atoms with E-state index in [0.717, 1.165) is 30.2 Å². The molecule has 0 spiro atoms. The highest BCUT2D eigenvalue weighted by Crippen LogP contribution is 2.21. The number of rotatable bonds is 5. The van der Waals surface area contributed by atoms with Crippen LogP contribution >= 0.6 is 0 Å². The van der Waals surface area contributed by atoms with Crippen molar-refractivity contribution in [3.63, 3.8) is 0 Å². The van der Waals surface area contributed by atoms with Gasteiger partial charge in [-0.25, -0.2) is 4.98 Å². The SMILES string of the molecule is CN(CCNC1CC1)c1ccc2ncoc2c1. The Morgan fingerprint density at radius 1 is 1.47 bits per heavy atom.